The van der Waals surface area contributed by atoms with Gasteiger partial charge < -0.3 is 0 Å². The van der Waals surface area contributed by atoms with Gasteiger partial charge in [0.15, 0.2) is 0 Å². The molecular formula is C16H34. The minimum atomic E-state index is 0. The van der Waals surface area contributed by atoms with Crippen molar-refractivity contribution in [1.82, 2.24) is 0 Å². The maximum Gasteiger partial charge on any atom is -0.0348 e. The van der Waals surface area contributed by atoms with Crippen LogP contribution in [0.25, 0.3) is 0 Å². The van der Waals surface area contributed by atoms with Crippen molar-refractivity contribution in [2.75, 3.05) is 0 Å². The molecule has 0 saturated heterocycles. The fourth-order valence-electron chi connectivity index (χ4n) is 0.706. The Hall–Kier alpha value is -0.780. The third-order valence-corrected chi connectivity index (χ3v) is 1.54. The summed E-state index contributed by atoms with van der Waals surface area (Å²) in [5.41, 5.74) is 1.22. The Kier molecular flexibility index (Phi) is 44.7. The zero-order valence-electron chi connectivity index (χ0n) is 11.6. The Balaban J connectivity index is -0.000000129. The third kappa shape index (κ3) is 29.2. The molecular weight excluding hydrogens is 192 g/mol. The first kappa shape index (κ1) is 24.4. The van der Waals surface area contributed by atoms with E-state index in [1.807, 2.05) is 33.8 Å². The maximum atomic E-state index is 3.67. The minimum absolute atomic E-state index is 0. The first-order chi connectivity index (χ1) is 7.31. The zero-order chi connectivity index (χ0) is 12.5. The van der Waals surface area contributed by atoms with Gasteiger partial charge in [0.2, 0.25) is 0 Å². The van der Waals surface area contributed by atoms with Gasteiger partial charge in [0, 0.05) is 0 Å². The molecule has 0 heteroatoms. The van der Waals surface area contributed by atoms with E-state index in [-0.39, 0.29) is 7.43 Å². The zero-order valence-corrected chi connectivity index (χ0v) is 11.6. The van der Waals surface area contributed by atoms with Crippen LogP contribution in [0.2, 0.25) is 0 Å². The lowest BCUT2D eigenvalue weighted by Crippen LogP contribution is -1.66. The SMILES string of the molecule is C.C=C/C(C)=C\C=C/CCCC.CC.CC. The van der Waals surface area contributed by atoms with E-state index < -0.39 is 0 Å². The molecule has 0 unspecified atom stereocenters. The van der Waals surface area contributed by atoms with E-state index in [1.54, 1.807) is 0 Å². The molecule has 0 heterocycles. The molecule has 0 aliphatic heterocycles. The first-order valence-electron chi connectivity index (χ1n) is 6.27. The maximum absolute atomic E-state index is 3.67. The van der Waals surface area contributed by atoms with Gasteiger partial charge in [-0.1, -0.05) is 91.3 Å². The molecule has 0 aromatic heterocycles. The molecule has 0 spiro atoms. The van der Waals surface area contributed by atoms with Crippen molar-refractivity contribution in [1.29, 1.82) is 0 Å². The average Bonchev–Trinajstić information content (AvgIpc) is 2.33. The van der Waals surface area contributed by atoms with Crippen molar-refractivity contribution in [3.8, 4) is 0 Å². The number of unbranched alkanes of at least 4 members (excludes halogenated alkanes) is 2. The van der Waals surface area contributed by atoms with Crippen molar-refractivity contribution < 1.29 is 0 Å². The molecule has 0 aromatic carbocycles. The fourth-order valence-corrected chi connectivity index (χ4v) is 0.706. The van der Waals surface area contributed by atoms with E-state index in [0.717, 1.165) is 0 Å². The molecule has 0 nitrogen and oxygen atoms in total. The number of hydrogen-bond donors (Lipinski definition) is 0. The second kappa shape index (κ2) is 29.2. The van der Waals surface area contributed by atoms with E-state index in [4.69, 9.17) is 0 Å². The molecule has 0 bridgehead atoms. The van der Waals surface area contributed by atoms with Crippen LogP contribution >= 0.6 is 0 Å². The highest BCUT2D eigenvalue weighted by atomic mass is 13.8. The summed E-state index contributed by atoms with van der Waals surface area (Å²) in [6.07, 6.45) is 12.0. The highest BCUT2D eigenvalue weighted by molar-refractivity contribution is 5.19. The first-order valence-corrected chi connectivity index (χ1v) is 6.27. The monoisotopic (exact) mass is 226 g/mol. The number of rotatable bonds is 5. The highest BCUT2D eigenvalue weighted by Gasteiger charge is 1.76. The van der Waals surface area contributed by atoms with Gasteiger partial charge in [-0.3, -0.25) is 0 Å². The molecule has 0 aliphatic rings. The Morgan fingerprint density at radius 2 is 1.62 bits per heavy atom. The Morgan fingerprint density at radius 1 is 1.12 bits per heavy atom. The third-order valence-electron chi connectivity index (χ3n) is 1.54. The molecule has 0 fully saturated rings. The van der Waals surface area contributed by atoms with Crippen LogP contribution in [0.1, 0.15) is 68.2 Å². The van der Waals surface area contributed by atoms with Crippen LogP contribution in [0.4, 0.5) is 0 Å². The summed E-state index contributed by atoms with van der Waals surface area (Å²) in [5.74, 6) is 0. The van der Waals surface area contributed by atoms with Gasteiger partial charge in [0.25, 0.3) is 0 Å². The van der Waals surface area contributed by atoms with E-state index in [9.17, 15) is 0 Å². The molecule has 0 N–H and O–H groups in total. The summed E-state index contributed by atoms with van der Waals surface area (Å²) < 4.78 is 0. The quantitative estimate of drug-likeness (QED) is 0.368. The second-order valence-electron chi connectivity index (χ2n) is 2.69. The lowest BCUT2D eigenvalue weighted by atomic mass is 10.2. The smallest absolute Gasteiger partial charge is 0.0348 e. The molecule has 0 saturated carbocycles. The highest BCUT2D eigenvalue weighted by Crippen LogP contribution is 1.97. The molecule has 0 aliphatic carbocycles. The molecule has 16 heavy (non-hydrogen) atoms. The number of hydrogen-bond acceptors (Lipinski definition) is 0. The number of allylic oxidation sites excluding steroid dienone is 5. The summed E-state index contributed by atoms with van der Waals surface area (Å²) in [4.78, 5) is 0. The lowest BCUT2D eigenvalue weighted by Gasteiger charge is -1.87. The average molecular weight is 226 g/mol. The van der Waals surface area contributed by atoms with Gasteiger partial charge in [0.05, 0.1) is 0 Å². The minimum Gasteiger partial charge on any atom is -0.0988 e. The molecule has 0 aromatic rings. The van der Waals surface area contributed by atoms with Crippen LogP contribution in [-0.2, 0) is 0 Å². The van der Waals surface area contributed by atoms with Gasteiger partial charge in [0.1, 0.15) is 0 Å². The predicted octanol–water partition coefficient (Wildman–Crippen LogP) is 6.55. The van der Waals surface area contributed by atoms with Crippen molar-refractivity contribution in [3.63, 3.8) is 0 Å². The predicted molar refractivity (Wildman–Crippen MR) is 82.0 cm³/mol. The summed E-state index contributed by atoms with van der Waals surface area (Å²) in [7, 11) is 0. The summed E-state index contributed by atoms with van der Waals surface area (Å²) >= 11 is 0. The Bertz CT molecular complexity index is 149. The van der Waals surface area contributed by atoms with Crippen LogP contribution in [0.5, 0.6) is 0 Å². The van der Waals surface area contributed by atoms with Gasteiger partial charge in [-0.15, -0.1) is 0 Å². The topological polar surface area (TPSA) is 0 Å². The van der Waals surface area contributed by atoms with Crippen LogP contribution in [0.3, 0.4) is 0 Å². The van der Waals surface area contributed by atoms with E-state index in [2.05, 4.69) is 38.7 Å². The van der Waals surface area contributed by atoms with Gasteiger partial charge in [-0.25, -0.2) is 0 Å². The Morgan fingerprint density at radius 3 is 2.00 bits per heavy atom. The van der Waals surface area contributed by atoms with Crippen LogP contribution in [0.15, 0.2) is 36.5 Å². The van der Waals surface area contributed by atoms with E-state index in [1.165, 1.54) is 24.8 Å². The van der Waals surface area contributed by atoms with Crippen molar-refractivity contribution >= 4 is 0 Å². The van der Waals surface area contributed by atoms with Gasteiger partial charge in [-0.2, -0.15) is 0 Å². The van der Waals surface area contributed by atoms with Crippen LogP contribution in [-0.4, -0.2) is 0 Å². The molecule has 0 rings (SSSR count). The summed E-state index contributed by atoms with van der Waals surface area (Å²) in [5, 5.41) is 0. The van der Waals surface area contributed by atoms with Crippen molar-refractivity contribution in [2.45, 2.75) is 68.2 Å². The molecule has 0 radical (unpaired) electrons. The molecule has 0 amide bonds. The Labute approximate surface area is 105 Å². The molecule has 98 valence electrons. The van der Waals surface area contributed by atoms with Gasteiger partial charge in [-0.05, 0) is 13.3 Å². The van der Waals surface area contributed by atoms with Crippen molar-refractivity contribution in [2.24, 2.45) is 0 Å². The van der Waals surface area contributed by atoms with E-state index >= 15 is 0 Å². The largest absolute Gasteiger partial charge is 0.0988 e. The fraction of sp³-hybridized carbons (Fsp3) is 0.625. The molecule has 0 atom stereocenters. The van der Waals surface area contributed by atoms with Crippen LogP contribution < -0.4 is 0 Å². The normalized spacial score (nSPS) is 9.25. The summed E-state index contributed by atoms with van der Waals surface area (Å²) in [6.45, 7) is 15.9. The van der Waals surface area contributed by atoms with Crippen LogP contribution in [0, 0.1) is 0 Å². The van der Waals surface area contributed by atoms with E-state index in [0.29, 0.717) is 0 Å². The van der Waals surface area contributed by atoms with Crippen molar-refractivity contribution in [3.05, 3.63) is 36.5 Å². The lowest BCUT2D eigenvalue weighted by molar-refractivity contribution is 0.815. The second-order valence-corrected chi connectivity index (χ2v) is 2.69. The summed E-state index contributed by atoms with van der Waals surface area (Å²) in [6, 6.07) is 0. The standard InChI is InChI=1S/C11H18.2C2H6.CH4/c1-4-6-7-8-9-10-11(3)5-2;2*1-2;/h5,8-10H,2,4,6-7H2,1,3H3;2*1-2H3;1H4/b9-8-,11-10-;;;. The van der Waals surface area contributed by atoms with Gasteiger partial charge >= 0.3 is 0 Å².